The standard InChI is InChI=1S/C16H26N2/c1-4-12(2)11-13(3)18-15-9-5-7-14-8-6-10-17-16(14)15/h6,8,10,12-13,15,18H,4-5,7,9,11H2,1-3H3. The Morgan fingerprint density at radius 2 is 2.28 bits per heavy atom. The second-order valence-electron chi connectivity index (χ2n) is 5.81. The molecule has 0 saturated carbocycles. The van der Waals surface area contributed by atoms with E-state index >= 15 is 0 Å². The van der Waals surface area contributed by atoms with Crippen LogP contribution in [0.4, 0.5) is 0 Å². The van der Waals surface area contributed by atoms with Crippen molar-refractivity contribution in [3.8, 4) is 0 Å². The summed E-state index contributed by atoms with van der Waals surface area (Å²) < 4.78 is 0. The molecule has 1 aliphatic rings. The van der Waals surface area contributed by atoms with E-state index in [1.54, 1.807) is 0 Å². The molecule has 1 aromatic rings. The number of hydrogen-bond acceptors (Lipinski definition) is 2. The summed E-state index contributed by atoms with van der Waals surface area (Å²) in [5.74, 6) is 0.805. The molecule has 0 amide bonds. The molecule has 0 saturated heterocycles. The Balaban J connectivity index is 1.98. The van der Waals surface area contributed by atoms with E-state index in [4.69, 9.17) is 0 Å². The zero-order valence-corrected chi connectivity index (χ0v) is 11.9. The maximum atomic E-state index is 4.59. The average Bonchev–Trinajstić information content (AvgIpc) is 2.39. The molecule has 1 aromatic heterocycles. The zero-order chi connectivity index (χ0) is 13.0. The molecule has 2 rings (SSSR count). The van der Waals surface area contributed by atoms with Crippen LogP contribution in [0.5, 0.6) is 0 Å². The zero-order valence-electron chi connectivity index (χ0n) is 11.9. The summed E-state index contributed by atoms with van der Waals surface area (Å²) in [4.78, 5) is 4.59. The van der Waals surface area contributed by atoms with Gasteiger partial charge in [-0.05, 0) is 50.2 Å². The monoisotopic (exact) mass is 246 g/mol. The molecule has 3 atom stereocenters. The van der Waals surface area contributed by atoms with Crippen LogP contribution in [0.2, 0.25) is 0 Å². The van der Waals surface area contributed by atoms with E-state index in [-0.39, 0.29) is 0 Å². The number of aromatic nitrogens is 1. The first-order valence-corrected chi connectivity index (χ1v) is 7.40. The quantitative estimate of drug-likeness (QED) is 0.853. The fourth-order valence-electron chi connectivity index (χ4n) is 2.95. The van der Waals surface area contributed by atoms with Crippen molar-refractivity contribution in [2.24, 2.45) is 5.92 Å². The Morgan fingerprint density at radius 3 is 3.06 bits per heavy atom. The molecule has 2 nitrogen and oxygen atoms in total. The molecule has 1 aliphatic carbocycles. The van der Waals surface area contributed by atoms with Crippen molar-refractivity contribution in [1.29, 1.82) is 0 Å². The van der Waals surface area contributed by atoms with Gasteiger partial charge in [0.2, 0.25) is 0 Å². The summed E-state index contributed by atoms with van der Waals surface area (Å²) in [7, 11) is 0. The maximum absolute atomic E-state index is 4.59. The van der Waals surface area contributed by atoms with Crippen molar-refractivity contribution in [3.63, 3.8) is 0 Å². The van der Waals surface area contributed by atoms with Gasteiger partial charge in [0.1, 0.15) is 0 Å². The highest BCUT2D eigenvalue weighted by molar-refractivity contribution is 5.25. The van der Waals surface area contributed by atoms with E-state index < -0.39 is 0 Å². The Morgan fingerprint density at radius 1 is 1.44 bits per heavy atom. The van der Waals surface area contributed by atoms with Gasteiger partial charge in [-0.1, -0.05) is 26.3 Å². The predicted octanol–water partition coefficient (Wildman–Crippen LogP) is 3.87. The Kier molecular flexibility index (Phi) is 4.76. The summed E-state index contributed by atoms with van der Waals surface area (Å²) in [6.07, 6.45) is 8.17. The van der Waals surface area contributed by atoms with E-state index in [1.807, 2.05) is 6.20 Å². The highest BCUT2D eigenvalue weighted by Gasteiger charge is 2.22. The first-order chi connectivity index (χ1) is 8.70. The van der Waals surface area contributed by atoms with Gasteiger partial charge in [0.25, 0.3) is 0 Å². The van der Waals surface area contributed by atoms with Crippen molar-refractivity contribution in [2.75, 3.05) is 0 Å². The predicted molar refractivity (Wildman–Crippen MR) is 76.6 cm³/mol. The number of nitrogens with one attached hydrogen (secondary N) is 1. The van der Waals surface area contributed by atoms with Crippen LogP contribution >= 0.6 is 0 Å². The van der Waals surface area contributed by atoms with E-state index in [9.17, 15) is 0 Å². The lowest BCUT2D eigenvalue weighted by molar-refractivity contribution is 0.349. The highest BCUT2D eigenvalue weighted by atomic mass is 15.0. The topological polar surface area (TPSA) is 24.9 Å². The lowest BCUT2D eigenvalue weighted by Gasteiger charge is -2.29. The lowest BCUT2D eigenvalue weighted by Crippen LogP contribution is -2.34. The van der Waals surface area contributed by atoms with Crippen LogP contribution in [0.1, 0.15) is 63.8 Å². The Hall–Kier alpha value is -0.890. The van der Waals surface area contributed by atoms with Crippen molar-refractivity contribution in [2.45, 2.75) is 65.0 Å². The average molecular weight is 246 g/mol. The van der Waals surface area contributed by atoms with Gasteiger partial charge in [-0.2, -0.15) is 0 Å². The van der Waals surface area contributed by atoms with Crippen LogP contribution in [0, 0.1) is 5.92 Å². The van der Waals surface area contributed by atoms with Crippen LogP contribution < -0.4 is 5.32 Å². The summed E-state index contributed by atoms with van der Waals surface area (Å²) in [6, 6.07) is 5.34. The van der Waals surface area contributed by atoms with Crippen LogP contribution in [-0.2, 0) is 6.42 Å². The molecule has 0 aromatic carbocycles. The Bertz CT molecular complexity index is 375. The molecule has 100 valence electrons. The van der Waals surface area contributed by atoms with Gasteiger partial charge in [-0.15, -0.1) is 0 Å². The van der Waals surface area contributed by atoms with Crippen LogP contribution in [-0.4, -0.2) is 11.0 Å². The number of nitrogens with zero attached hydrogens (tertiary/aromatic N) is 1. The molecule has 2 heteroatoms. The van der Waals surface area contributed by atoms with Gasteiger partial charge in [0.15, 0.2) is 0 Å². The van der Waals surface area contributed by atoms with E-state index in [2.05, 4.69) is 43.2 Å². The molecule has 0 radical (unpaired) electrons. The third kappa shape index (κ3) is 3.32. The normalized spacial score (nSPS) is 22.3. The molecule has 0 aliphatic heterocycles. The van der Waals surface area contributed by atoms with Gasteiger partial charge in [0, 0.05) is 18.3 Å². The fourth-order valence-corrected chi connectivity index (χ4v) is 2.95. The second kappa shape index (κ2) is 6.33. The summed E-state index contributed by atoms with van der Waals surface area (Å²) >= 11 is 0. The van der Waals surface area contributed by atoms with Gasteiger partial charge >= 0.3 is 0 Å². The molecule has 18 heavy (non-hydrogen) atoms. The summed E-state index contributed by atoms with van der Waals surface area (Å²) in [5.41, 5.74) is 2.73. The Labute approximate surface area is 111 Å². The van der Waals surface area contributed by atoms with Crippen LogP contribution in [0.25, 0.3) is 0 Å². The molecular weight excluding hydrogens is 220 g/mol. The third-order valence-electron chi connectivity index (χ3n) is 4.13. The molecule has 0 spiro atoms. The van der Waals surface area contributed by atoms with Gasteiger partial charge in [-0.3, -0.25) is 4.98 Å². The minimum atomic E-state index is 0.467. The number of fused-ring (bicyclic) bond motifs is 1. The third-order valence-corrected chi connectivity index (χ3v) is 4.13. The van der Waals surface area contributed by atoms with Gasteiger partial charge < -0.3 is 5.32 Å². The molecule has 1 heterocycles. The largest absolute Gasteiger partial charge is 0.306 e. The van der Waals surface area contributed by atoms with Crippen molar-refractivity contribution < 1.29 is 0 Å². The summed E-state index contributed by atoms with van der Waals surface area (Å²) in [6.45, 7) is 6.92. The van der Waals surface area contributed by atoms with E-state index in [0.29, 0.717) is 12.1 Å². The highest BCUT2D eigenvalue weighted by Crippen LogP contribution is 2.28. The van der Waals surface area contributed by atoms with Crippen molar-refractivity contribution >= 4 is 0 Å². The van der Waals surface area contributed by atoms with Gasteiger partial charge in [-0.25, -0.2) is 0 Å². The van der Waals surface area contributed by atoms with Crippen molar-refractivity contribution in [1.82, 2.24) is 10.3 Å². The minimum Gasteiger partial charge on any atom is -0.306 e. The van der Waals surface area contributed by atoms with Crippen LogP contribution in [0.3, 0.4) is 0 Å². The second-order valence-corrected chi connectivity index (χ2v) is 5.81. The molecule has 1 N–H and O–H groups in total. The van der Waals surface area contributed by atoms with Crippen molar-refractivity contribution in [3.05, 3.63) is 29.6 Å². The van der Waals surface area contributed by atoms with Gasteiger partial charge in [0.05, 0.1) is 5.69 Å². The number of hydrogen-bond donors (Lipinski definition) is 1. The molecule has 0 bridgehead atoms. The lowest BCUT2D eigenvalue weighted by atomic mass is 9.90. The number of rotatable bonds is 5. The molecule has 3 unspecified atom stereocenters. The first-order valence-electron chi connectivity index (χ1n) is 7.40. The maximum Gasteiger partial charge on any atom is 0.0605 e. The number of aryl methyl sites for hydroxylation is 1. The van der Waals surface area contributed by atoms with E-state index in [0.717, 1.165) is 5.92 Å². The first kappa shape index (κ1) is 13.5. The summed E-state index contributed by atoms with van der Waals surface area (Å²) in [5, 5.41) is 3.78. The fraction of sp³-hybridized carbons (Fsp3) is 0.688. The smallest absolute Gasteiger partial charge is 0.0605 e. The number of pyridine rings is 1. The van der Waals surface area contributed by atoms with Crippen LogP contribution in [0.15, 0.2) is 18.3 Å². The van der Waals surface area contributed by atoms with E-state index in [1.165, 1.54) is 43.4 Å². The minimum absolute atomic E-state index is 0.467. The molecule has 0 fully saturated rings. The molecular formula is C16H26N2. The SMILES string of the molecule is CCC(C)CC(C)NC1CCCc2cccnc21.